The summed E-state index contributed by atoms with van der Waals surface area (Å²) in [5, 5.41) is 11.9. The number of benzene rings is 2. The molecule has 0 aliphatic heterocycles. The molecule has 0 spiro atoms. The van der Waals surface area contributed by atoms with Crippen LogP contribution in [0.25, 0.3) is 27.3 Å². The number of aromatic nitrogens is 3. The van der Waals surface area contributed by atoms with Gasteiger partial charge in [-0.05, 0) is 30.3 Å². The van der Waals surface area contributed by atoms with E-state index in [4.69, 9.17) is 5.26 Å². The first-order valence-corrected chi connectivity index (χ1v) is 7.60. The average Bonchev–Trinajstić information content (AvgIpc) is 3.24. The fourth-order valence-electron chi connectivity index (χ4n) is 2.44. The van der Waals surface area contributed by atoms with Gasteiger partial charge in [0.25, 0.3) is 0 Å². The Balaban J connectivity index is 1.86. The summed E-state index contributed by atoms with van der Waals surface area (Å²) in [5.41, 5.74) is 4.53. The summed E-state index contributed by atoms with van der Waals surface area (Å²) in [5.74, 6) is 0. The van der Waals surface area contributed by atoms with Crippen molar-refractivity contribution in [3.8, 4) is 22.3 Å². The van der Waals surface area contributed by atoms with Crippen LogP contribution in [0.15, 0.2) is 60.4 Å². The summed E-state index contributed by atoms with van der Waals surface area (Å²) in [6, 6.07) is 15.9. The number of fused-ring (bicyclic) bond motifs is 1. The molecule has 5 heteroatoms. The first-order chi connectivity index (χ1) is 10.8. The molecule has 0 N–H and O–H groups in total. The number of hydrogen-bond donors (Lipinski definition) is 0. The molecular weight excluding hydrogens is 292 g/mol. The molecule has 2 aromatic heterocycles. The lowest BCUT2D eigenvalue weighted by Gasteiger charge is -2.06. The second-order valence-electron chi connectivity index (χ2n) is 4.82. The predicted octanol–water partition coefficient (Wildman–Crippen LogP) is 4.02. The van der Waals surface area contributed by atoms with Crippen molar-refractivity contribution in [1.29, 1.82) is 5.26 Å². The van der Waals surface area contributed by atoms with Gasteiger partial charge in [0.1, 0.15) is 11.3 Å². The van der Waals surface area contributed by atoms with Crippen LogP contribution in [0, 0.1) is 11.3 Å². The zero-order chi connectivity index (χ0) is 14.9. The zero-order valence-electron chi connectivity index (χ0n) is 11.5. The molecule has 4 nitrogen and oxygen atoms in total. The summed E-state index contributed by atoms with van der Waals surface area (Å²) in [7, 11) is 0. The van der Waals surface area contributed by atoms with E-state index in [2.05, 4.69) is 28.2 Å². The molecule has 0 radical (unpaired) electrons. The molecule has 104 valence electrons. The van der Waals surface area contributed by atoms with Crippen LogP contribution in [0.4, 0.5) is 0 Å². The van der Waals surface area contributed by atoms with Crippen molar-refractivity contribution in [3.05, 3.63) is 65.9 Å². The van der Waals surface area contributed by atoms with Gasteiger partial charge in [0.2, 0.25) is 0 Å². The molecule has 4 aromatic rings. The molecule has 0 fully saturated rings. The Morgan fingerprint density at radius 2 is 2.05 bits per heavy atom. The van der Waals surface area contributed by atoms with Crippen molar-refractivity contribution < 1.29 is 0 Å². The highest BCUT2D eigenvalue weighted by Gasteiger charge is 2.07. The molecule has 0 aliphatic carbocycles. The number of nitrogens with zero attached hydrogens (tertiary/aromatic N) is 4. The molecule has 0 aliphatic rings. The quantitative estimate of drug-likeness (QED) is 0.562. The maximum Gasteiger partial charge on any atom is 0.123 e. The van der Waals surface area contributed by atoms with Gasteiger partial charge in [0.15, 0.2) is 0 Å². The molecular formula is C17H10N4S. The molecule has 0 amide bonds. The van der Waals surface area contributed by atoms with Gasteiger partial charge in [-0.15, -0.1) is 11.3 Å². The van der Waals surface area contributed by atoms with E-state index in [0.29, 0.717) is 5.56 Å². The molecule has 0 unspecified atom stereocenters. The number of rotatable bonds is 2. The minimum absolute atomic E-state index is 0.620. The smallest absolute Gasteiger partial charge is 0.123 e. The van der Waals surface area contributed by atoms with Crippen LogP contribution >= 0.6 is 11.3 Å². The summed E-state index contributed by atoms with van der Waals surface area (Å²) in [6.07, 6.45) is 3.59. The third-order valence-electron chi connectivity index (χ3n) is 3.48. The van der Waals surface area contributed by atoms with Crippen LogP contribution in [0.5, 0.6) is 0 Å². The Hall–Kier alpha value is -2.97. The maximum absolute atomic E-state index is 8.97. The molecule has 22 heavy (non-hydrogen) atoms. The van der Waals surface area contributed by atoms with Crippen LogP contribution in [-0.2, 0) is 0 Å². The lowest BCUT2D eigenvalue weighted by Crippen LogP contribution is -1.92. The second-order valence-corrected chi connectivity index (χ2v) is 5.71. The van der Waals surface area contributed by atoms with Gasteiger partial charge in [-0.1, -0.05) is 12.1 Å². The lowest BCUT2D eigenvalue weighted by molar-refractivity contribution is 1.09. The van der Waals surface area contributed by atoms with E-state index in [1.54, 1.807) is 23.7 Å². The third-order valence-corrected chi connectivity index (χ3v) is 4.30. The Morgan fingerprint density at radius 1 is 1.09 bits per heavy atom. The lowest BCUT2D eigenvalue weighted by atomic mass is 10.2. The Kier molecular flexibility index (Phi) is 2.95. The Bertz CT molecular complexity index is 993. The second kappa shape index (κ2) is 5.10. The van der Waals surface area contributed by atoms with Gasteiger partial charge in [-0.25, -0.2) is 9.97 Å². The number of imidazole rings is 1. The summed E-state index contributed by atoms with van der Waals surface area (Å²) >= 11 is 1.62. The molecule has 4 rings (SSSR count). The summed E-state index contributed by atoms with van der Waals surface area (Å²) in [6.45, 7) is 0. The van der Waals surface area contributed by atoms with E-state index in [1.165, 1.54) is 0 Å². The third kappa shape index (κ3) is 2.07. The maximum atomic E-state index is 8.97. The fraction of sp³-hybridized carbons (Fsp3) is 0. The SMILES string of the molecule is N#Cc1ccc2c(c1)ncn2-c1cccc(-c2nccs2)c1. The minimum Gasteiger partial charge on any atom is -0.299 e. The largest absolute Gasteiger partial charge is 0.299 e. The van der Waals surface area contributed by atoms with Crippen LogP contribution in [0.1, 0.15) is 5.56 Å². The first-order valence-electron chi connectivity index (χ1n) is 6.73. The van der Waals surface area contributed by atoms with Crippen LogP contribution < -0.4 is 0 Å². The van der Waals surface area contributed by atoms with E-state index in [1.807, 2.05) is 40.4 Å². The summed E-state index contributed by atoms with van der Waals surface area (Å²) < 4.78 is 2.02. The normalized spacial score (nSPS) is 10.7. The number of nitriles is 1. The standard InChI is InChI=1S/C17H10N4S/c18-10-12-4-5-16-15(8-12)20-11-21(16)14-3-1-2-13(9-14)17-19-6-7-22-17/h1-9,11H. The van der Waals surface area contributed by atoms with E-state index >= 15 is 0 Å². The van der Waals surface area contributed by atoms with Crippen molar-refractivity contribution >= 4 is 22.4 Å². The predicted molar refractivity (Wildman–Crippen MR) is 86.9 cm³/mol. The van der Waals surface area contributed by atoms with Crippen molar-refractivity contribution in [2.45, 2.75) is 0 Å². The van der Waals surface area contributed by atoms with Crippen molar-refractivity contribution in [3.63, 3.8) is 0 Å². The van der Waals surface area contributed by atoms with Gasteiger partial charge in [0, 0.05) is 22.8 Å². The molecule has 0 bridgehead atoms. The van der Waals surface area contributed by atoms with E-state index in [0.717, 1.165) is 27.3 Å². The molecule has 0 saturated heterocycles. The molecule has 0 atom stereocenters. The van der Waals surface area contributed by atoms with Crippen LogP contribution in [-0.4, -0.2) is 14.5 Å². The van der Waals surface area contributed by atoms with Crippen molar-refractivity contribution in [2.75, 3.05) is 0 Å². The van der Waals surface area contributed by atoms with Gasteiger partial charge < -0.3 is 0 Å². The minimum atomic E-state index is 0.620. The van der Waals surface area contributed by atoms with Crippen LogP contribution in [0.3, 0.4) is 0 Å². The Morgan fingerprint density at radius 3 is 2.86 bits per heavy atom. The fourth-order valence-corrected chi connectivity index (χ4v) is 3.08. The first kappa shape index (κ1) is 12.7. The van der Waals surface area contributed by atoms with Crippen molar-refractivity contribution in [2.24, 2.45) is 0 Å². The van der Waals surface area contributed by atoms with Crippen molar-refractivity contribution in [1.82, 2.24) is 14.5 Å². The van der Waals surface area contributed by atoms with E-state index in [9.17, 15) is 0 Å². The highest BCUT2D eigenvalue weighted by atomic mass is 32.1. The van der Waals surface area contributed by atoms with Gasteiger partial charge >= 0.3 is 0 Å². The average molecular weight is 302 g/mol. The van der Waals surface area contributed by atoms with Gasteiger partial charge in [0.05, 0.1) is 22.7 Å². The van der Waals surface area contributed by atoms with E-state index < -0.39 is 0 Å². The molecule has 2 aromatic carbocycles. The Labute approximate surface area is 130 Å². The van der Waals surface area contributed by atoms with E-state index in [-0.39, 0.29) is 0 Å². The monoisotopic (exact) mass is 302 g/mol. The zero-order valence-corrected chi connectivity index (χ0v) is 12.3. The molecule has 0 saturated carbocycles. The number of hydrogen-bond acceptors (Lipinski definition) is 4. The van der Waals surface area contributed by atoms with Crippen LogP contribution in [0.2, 0.25) is 0 Å². The topological polar surface area (TPSA) is 54.5 Å². The highest BCUT2D eigenvalue weighted by molar-refractivity contribution is 7.13. The van der Waals surface area contributed by atoms with Gasteiger partial charge in [-0.2, -0.15) is 5.26 Å². The highest BCUT2D eigenvalue weighted by Crippen LogP contribution is 2.26. The summed E-state index contributed by atoms with van der Waals surface area (Å²) in [4.78, 5) is 8.75. The molecule has 2 heterocycles. The van der Waals surface area contributed by atoms with Gasteiger partial charge in [-0.3, -0.25) is 4.57 Å². The number of thiazole rings is 1.